The highest BCUT2D eigenvalue weighted by molar-refractivity contribution is 5.90. The summed E-state index contributed by atoms with van der Waals surface area (Å²) < 4.78 is 0. The predicted molar refractivity (Wildman–Crippen MR) is 113 cm³/mol. The lowest BCUT2D eigenvalue weighted by molar-refractivity contribution is 0.334. The lowest BCUT2D eigenvalue weighted by atomic mass is 9.77. The van der Waals surface area contributed by atoms with E-state index in [2.05, 4.69) is 48.6 Å². The normalized spacial score (nSPS) is 21.9. The van der Waals surface area contributed by atoms with Crippen LogP contribution in [0.4, 0.5) is 0 Å². The molecule has 1 heteroatoms. The molecule has 1 N–H and O–H groups in total. The molecule has 0 heterocycles. The van der Waals surface area contributed by atoms with Crippen LogP contribution in [0, 0.1) is 5.92 Å². The minimum absolute atomic E-state index is 0.326. The third kappa shape index (κ3) is 3.16. The van der Waals surface area contributed by atoms with E-state index in [1.165, 1.54) is 59.9 Å². The van der Waals surface area contributed by atoms with Gasteiger partial charge in [-0.25, -0.2) is 0 Å². The van der Waals surface area contributed by atoms with Gasteiger partial charge in [-0.3, -0.25) is 0 Å². The lowest BCUT2D eigenvalue weighted by Crippen LogP contribution is -2.13. The van der Waals surface area contributed by atoms with Crippen molar-refractivity contribution in [2.45, 2.75) is 44.4 Å². The van der Waals surface area contributed by atoms with Crippen LogP contribution >= 0.6 is 0 Å². The summed E-state index contributed by atoms with van der Waals surface area (Å²) in [5.41, 5.74) is 7.93. The highest BCUT2D eigenvalue weighted by Gasteiger charge is 2.27. The lowest BCUT2D eigenvalue weighted by Gasteiger charge is -2.27. The maximum absolute atomic E-state index is 9.74. The molecular weight excluding hydrogens is 328 g/mol. The summed E-state index contributed by atoms with van der Waals surface area (Å²) in [6, 6.07) is 14.6. The minimum atomic E-state index is 0.326. The Morgan fingerprint density at radius 3 is 2.63 bits per heavy atom. The van der Waals surface area contributed by atoms with Gasteiger partial charge in [0.1, 0.15) is 5.75 Å². The Morgan fingerprint density at radius 1 is 0.889 bits per heavy atom. The molecule has 1 atom stereocenters. The fraction of sp³-hybridized carbons (Fsp3) is 0.308. The molecule has 136 valence electrons. The molecule has 1 nitrogen and oxygen atoms in total. The van der Waals surface area contributed by atoms with Gasteiger partial charge in [-0.05, 0) is 76.8 Å². The number of hydrogen-bond acceptors (Lipinski definition) is 1. The molecule has 0 aliphatic heterocycles. The molecule has 3 aliphatic rings. The molecule has 2 aromatic carbocycles. The number of fused-ring (bicyclic) bond motifs is 1. The van der Waals surface area contributed by atoms with Crippen molar-refractivity contribution in [3.8, 4) is 5.75 Å². The van der Waals surface area contributed by atoms with Gasteiger partial charge in [0.05, 0.1) is 0 Å². The predicted octanol–water partition coefficient (Wildman–Crippen LogP) is 6.95. The first-order valence-electron chi connectivity index (χ1n) is 10.3. The molecule has 1 saturated carbocycles. The first kappa shape index (κ1) is 16.6. The average Bonchev–Trinajstić information content (AvgIpc) is 3.36. The largest absolute Gasteiger partial charge is 0.508 e. The molecule has 0 amide bonds. The smallest absolute Gasteiger partial charge is 0.116 e. The van der Waals surface area contributed by atoms with Crippen LogP contribution in [-0.4, -0.2) is 5.11 Å². The molecule has 1 unspecified atom stereocenters. The maximum Gasteiger partial charge on any atom is 0.116 e. The minimum Gasteiger partial charge on any atom is -0.508 e. The molecule has 27 heavy (non-hydrogen) atoms. The topological polar surface area (TPSA) is 20.2 Å². The molecule has 3 aliphatic carbocycles. The second-order valence-corrected chi connectivity index (χ2v) is 8.21. The van der Waals surface area contributed by atoms with E-state index in [0.717, 1.165) is 17.9 Å². The molecule has 0 radical (unpaired) electrons. The first-order chi connectivity index (χ1) is 13.3. The quantitative estimate of drug-likeness (QED) is 0.632. The fourth-order valence-corrected chi connectivity index (χ4v) is 5.05. The van der Waals surface area contributed by atoms with Crippen molar-refractivity contribution in [1.29, 1.82) is 0 Å². The molecule has 0 aromatic heterocycles. The summed E-state index contributed by atoms with van der Waals surface area (Å²) in [6.45, 7) is 0. The van der Waals surface area contributed by atoms with E-state index in [-0.39, 0.29) is 0 Å². The van der Waals surface area contributed by atoms with Crippen molar-refractivity contribution in [3.05, 3.63) is 82.9 Å². The van der Waals surface area contributed by atoms with E-state index >= 15 is 0 Å². The Bertz CT molecular complexity index is 954. The second-order valence-electron chi connectivity index (χ2n) is 8.21. The maximum atomic E-state index is 9.74. The zero-order valence-electron chi connectivity index (χ0n) is 15.7. The van der Waals surface area contributed by atoms with E-state index in [0.29, 0.717) is 11.7 Å². The summed E-state index contributed by atoms with van der Waals surface area (Å²) in [6.07, 6.45) is 17.3. The Balaban J connectivity index is 1.39. The number of aromatic hydroxyl groups is 1. The third-order valence-electron chi connectivity index (χ3n) is 6.51. The summed E-state index contributed by atoms with van der Waals surface area (Å²) in [5, 5.41) is 9.74. The molecule has 0 saturated heterocycles. The van der Waals surface area contributed by atoms with Crippen LogP contribution in [-0.2, 0) is 0 Å². The standard InChI is InChI=1S/C26H26O/c27-24-8-4-7-19(17-24)20-9-10-21(15-20)22-11-13-26-23(16-22)12-14-25(26)18-5-2-1-3-6-18/h4,7-9,11-18,25,27H,1-3,5-6,10H2. The zero-order valence-corrected chi connectivity index (χ0v) is 15.7. The molecule has 0 bridgehead atoms. The van der Waals surface area contributed by atoms with Crippen molar-refractivity contribution in [2.75, 3.05) is 0 Å². The summed E-state index contributed by atoms with van der Waals surface area (Å²) in [7, 11) is 0. The van der Waals surface area contributed by atoms with Crippen molar-refractivity contribution >= 4 is 17.2 Å². The van der Waals surface area contributed by atoms with Crippen LogP contribution in [0.1, 0.15) is 66.7 Å². The summed E-state index contributed by atoms with van der Waals surface area (Å²) in [5.74, 6) is 1.80. The number of phenols is 1. The van der Waals surface area contributed by atoms with E-state index < -0.39 is 0 Å². The number of hydrogen-bond donors (Lipinski definition) is 1. The highest BCUT2D eigenvalue weighted by atomic mass is 16.3. The number of benzene rings is 2. The van der Waals surface area contributed by atoms with Gasteiger partial charge in [0.15, 0.2) is 0 Å². The molecule has 2 aromatic rings. The number of rotatable bonds is 3. The van der Waals surface area contributed by atoms with E-state index in [4.69, 9.17) is 0 Å². The number of allylic oxidation sites excluding steroid dienone is 5. The number of phenolic OH excluding ortho intramolecular Hbond substituents is 1. The Kier molecular flexibility index (Phi) is 4.24. The van der Waals surface area contributed by atoms with Crippen molar-refractivity contribution in [3.63, 3.8) is 0 Å². The molecule has 1 fully saturated rings. The summed E-state index contributed by atoms with van der Waals surface area (Å²) >= 11 is 0. The van der Waals surface area contributed by atoms with E-state index in [1.54, 1.807) is 6.07 Å². The van der Waals surface area contributed by atoms with Gasteiger partial charge < -0.3 is 5.11 Å². The van der Waals surface area contributed by atoms with Crippen molar-refractivity contribution in [1.82, 2.24) is 0 Å². The van der Waals surface area contributed by atoms with Gasteiger partial charge in [-0.2, -0.15) is 0 Å². The Morgan fingerprint density at radius 2 is 1.78 bits per heavy atom. The van der Waals surface area contributed by atoms with Crippen molar-refractivity contribution < 1.29 is 5.11 Å². The second kappa shape index (κ2) is 6.88. The van der Waals surface area contributed by atoms with Crippen LogP contribution in [0.15, 0.2) is 60.7 Å². The van der Waals surface area contributed by atoms with Gasteiger partial charge in [-0.15, -0.1) is 0 Å². The Labute approximate surface area is 161 Å². The van der Waals surface area contributed by atoms with Crippen LogP contribution in [0.5, 0.6) is 5.75 Å². The monoisotopic (exact) mass is 354 g/mol. The fourth-order valence-electron chi connectivity index (χ4n) is 5.05. The van der Waals surface area contributed by atoms with Crippen LogP contribution in [0.2, 0.25) is 0 Å². The molecular formula is C26H26O. The Hall–Kier alpha value is -2.54. The highest BCUT2D eigenvalue weighted by Crippen LogP contribution is 2.43. The third-order valence-corrected chi connectivity index (χ3v) is 6.51. The van der Waals surface area contributed by atoms with E-state index in [9.17, 15) is 5.11 Å². The molecule has 5 rings (SSSR count). The van der Waals surface area contributed by atoms with Crippen LogP contribution < -0.4 is 0 Å². The SMILES string of the molecule is Oc1cccc(C2=CCC(c3ccc4c(c3)C=CC4C3CCCCC3)=C2)c1. The first-order valence-corrected chi connectivity index (χ1v) is 10.3. The van der Waals surface area contributed by atoms with Gasteiger partial charge >= 0.3 is 0 Å². The van der Waals surface area contributed by atoms with Gasteiger partial charge in [0, 0.05) is 5.92 Å². The van der Waals surface area contributed by atoms with Crippen LogP contribution in [0.3, 0.4) is 0 Å². The van der Waals surface area contributed by atoms with Gasteiger partial charge in [0.2, 0.25) is 0 Å². The summed E-state index contributed by atoms with van der Waals surface area (Å²) in [4.78, 5) is 0. The van der Waals surface area contributed by atoms with Gasteiger partial charge in [-0.1, -0.05) is 67.8 Å². The van der Waals surface area contributed by atoms with Crippen molar-refractivity contribution in [2.24, 2.45) is 5.92 Å². The van der Waals surface area contributed by atoms with Gasteiger partial charge in [0.25, 0.3) is 0 Å². The average molecular weight is 354 g/mol. The zero-order chi connectivity index (χ0) is 18.2. The van der Waals surface area contributed by atoms with E-state index in [1.807, 2.05) is 12.1 Å². The van der Waals surface area contributed by atoms with Crippen LogP contribution in [0.25, 0.3) is 17.2 Å². The molecule has 0 spiro atoms.